The van der Waals surface area contributed by atoms with E-state index in [1.807, 2.05) is 24.3 Å². The molecule has 1 aliphatic carbocycles. The van der Waals surface area contributed by atoms with Gasteiger partial charge in [-0.2, -0.15) is 0 Å². The third-order valence-corrected chi connectivity index (χ3v) is 8.00. The van der Waals surface area contributed by atoms with Crippen LogP contribution in [-0.2, 0) is 21.1 Å². The topological polar surface area (TPSA) is 63.2 Å². The van der Waals surface area contributed by atoms with E-state index < -0.39 is 9.84 Å². The maximum absolute atomic E-state index is 12.2. The predicted molar refractivity (Wildman–Crippen MR) is 103 cm³/mol. The number of carbonyl (C=O) groups excluding carboxylic acids is 1. The number of thioether (sulfide) groups is 1. The van der Waals surface area contributed by atoms with Crippen LogP contribution in [0.5, 0.6) is 0 Å². The lowest BCUT2D eigenvalue weighted by Gasteiger charge is -2.10. The lowest BCUT2D eigenvalue weighted by atomic mass is 10.1. The van der Waals surface area contributed by atoms with Gasteiger partial charge in [0.05, 0.1) is 17.3 Å². The summed E-state index contributed by atoms with van der Waals surface area (Å²) in [5.74, 6) is 0.644. The first-order valence-corrected chi connectivity index (χ1v) is 11.2. The molecule has 2 aromatic rings. The van der Waals surface area contributed by atoms with Gasteiger partial charge in [0, 0.05) is 10.9 Å². The Bertz CT molecular complexity index is 937. The van der Waals surface area contributed by atoms with Crippen molar-refractivity contribution in [1.29, 1.82) is 0 Å². The summed E-state index contributed by atoms with van der Waals surface area (Å²) in [6.45, 7) is 0. The van der Waals surface area contributed by atoms with Gasteiger partial charge >= 0.3 is 0 Å². The Morgan fingerprint density at radius 1 is 1.12 bits per heavy atom. The van der Waals surface area contributed by atoms with Crippen molar-refractivity contribution in [3.8, 4) is 11.1 Å². The van der Waals surface area contributed by atoms with E-state index in [1.54, 1.807) is 0 Å². The largest absolute Gasteiger partial charge is 0.325 e. The van der Waals surface area contributed by atoms with Crippen LogP contribution in [0.15, 0.2) is 42.5 Å². The molecule has 1 atom stereocenters. The quantitative estimate of drug-likeness (QED) is 0.763. The van der Waals surface area contributed by atoms with E-state index in [0.29, 0.717) is 6.42 Å². The predicted octanol–water partition coefficient (Wildman–Crippen LogP) is 3.12. The van der Waals surface area contributed by atoms with Crippen LogP contribution in [0.3, 0.4) is 0 Å². The van der Waals surface area contributed by atoms with E-state index in [-0.39, 0.29) is 28.4 Å². The number of carbonyl (C=O) groups is 1. The van der Waals surface area contributed by atoms with E-state index in [1.165, 1.54) is 34.0 Å². The van der Waals surface area contributed by atoms with Gasteiger partial charge in [-0.15, -0.1) is 11.8 Å². The third kappa shape index (κ3) is 3.60. The molecule has 0 spiro atoms. The first-order valence-electron chi connectivity index (χ1n) is 8.33. The van der Waals surface area contributed by atoms with Crippen molar-refractivity contribution >= 4 is 33.2 Å². The number of fused-ring (bicyclic) bond motifs is 3. The summed E-state index contributed by atoms with van der Waals surface area (Å²) in [4.78, 5) is 12.2. The molecule has 4 rings (SSSR count). The maximum atomic E-state index is 12.2. The van der Waals surface area contributed by atoms with E-state index in [2.05, 4.69) is 23.5 Å². The van der Waals surface area contributed by atoms with Crippen LogP contribution in [0.1, 0.15) is 17.5 Å². The first kappa shape index (κ1) is 16.7. The SMILES string of the molecule is O=C(CS[C@H]1CCS(=O)(=O)C1)Nc1ccc2c(c1)-c1ccccc1C2. The minimum Gasteiger partial charge on any atom is -0.325 e. The van der Waals surface area contributed by atoms with Crippen LogP contribution in [-0.4, -0.2) is 36.8 Å². The minimum atomic E-state index is -2.89. The third-order valence-electron chi connectivity index (χ3n) is 4.72. The first-order chi connectivity index (χ1) is 12.0. The van der Waals surface area contributed by atoms with Gasteiger partial charge in [0.25, 0.3) is 0 Å². The summed E-state index contributed by atoms with van der Waals surface area (Å²) in [7, 11) is -2.89. The molecule has 2 aromatic carbocycles. The van der Waals surface area contributed by atoms with Crippen molar-refractivity contribution in [1.82, 2.24) is 0 Å². The van der Waals surface area contributed by atoms with Crippen LogP contribution in [0.2, 0.25) is 0 Å². The molecule has 2 aliphatic rings. The van der Waals surface area contributed by atoms with Crippen molar-refractivity contribution in [3.05, 3.63) is 53.6 Å². The zero-order chi connectivity index (χ0) is 17.4. The summed E-state index contributed by atoms with van der Waals surface area (Å²) >= 11 is 1.44. The Kier molecular flexibility index (Phi) is 4.33. The highest BCUT2D eigenvalue weighted by Gasteiger charge is 2.28. The molecule has 0 saturated carbocycles. The molecule has 1 N–H and O–H groups in total. The summed E-state index contributed by atoms with van der Waals surface area (Å²) in [6.07, 6.45) is 1.58. The highest BCUT2D eigenvalue weighted by Crippen LogP contribution is 2.37. The molecule has 1 fully saturated rings. The maximum Gasteiger partial charge on any atom is 0.234 e. The van der Waals surface area contributed by atoms with E-state index in [0.717, 1.165) is 12.1 Å². The Morgan fingerprint density at radius 3 is 2.72 bits per heavy atom. The number of rotatable bonds is 4. The van der Waals surface area contributed by atoms with E-state index in [4.69, 9.17) is 0 Å². The summed E-state index contributed by atoms with van der Waals surface area (Å²) < 4.78 is 22.9. The Hall–Kier alpha value is -1.79. The second-order valence-electron chi connectivity index (χ2n) is 6.59. The number of hydrogen-bond acceptors (Lipinski definition) is 4. The highest BCUT2D eigenvalue weighted by atomic mass is 32.2. The molecular formula is C19H19NO3S2. The summed E-state index contributed by atoms with van der Waals surface area (Å²) in [6, 6.07) is 14.4. The molecule has 0 unspecified atom stereocenters. The molecule has 25 heavy (non-hydrogen) atoms. The average molecular weight is 373 g/mol. The number of amides is 1. The zero-order valence-corrected chi connectivity index (χ0v) is 15.3. The van der Waals surface area contributed by atoms with Gasteiger partial charge in [-0.25, -0.2) is 8.42 Å². The fourth-order valence-corrected chi connectivity index (χ4v) is 6.93. The van der Waals surface area contributed by atoms with Gasteiger partial charge in [-0.1, -0.05) is 30.3 Å². The van der Waals surface area contributed by atoms with Crippen molar-refractivity contribution in [2.75, 3.05) is 22.6 Å². The van der Waals surface area contributed by atoms with Crippen molar-refractivity contribution in [3.63, 3.8) is 0 Å². The van der Waals surface area contributed by atoms with Gasteiger partial charge in [-0.05, 0) is 47.2 Å². The van der Waals surface area contributed by atoms with E-state index >= 15 is 0 Å². The summed E-state index contributed by atoms with van der Waals surface area (Å²) in [5, 5.41) is 2.98. The van der Waals surface area contributed by atoms with Crippen molar-refractivity contribution < 1.29 is 13.2 Å². The zero-order valence-electron chi connectivity index (χ0n) is 13.7. The lowest BCUT2D eigenvalue weighted by molar-refractivity contribution is -0.113. The molecule has 1 aliphatic heterocycles. The number of nitrogens with one attached hydrogen (secondary N) is 1. The van der Waals surface area contributed by atoms with Crippen LogP contribution in [0, 0.1) is 0 Å². The Balaban J connectivity index is 1.40. The van der Waals surface area contributed by atoms with Gasteiger partial charge in [-0.3, -0.25) is 4.79 Å². The second-order valence-corrected chi connectivity index (χ2v) is 10.1. The average Bonchev–Trinajstić information content (AvgIpc) is 3.12. The number of sulfone groups is 1. The molecule has 130 valence electrons. The Morgan fingerprint density at radius 2 is 1.92 bits per heavy atom. The van der Waals surface area contributed by atoms with E-state index in [9.17, 15) is 13.2 Å². The number of hydrogen-bond donors (Lipinski definition) is 1. The molecule has 1 saturated heterocycles. The molecule has 1 heterocycles. The van der Waals surface area contributed by atoms with Crippen LogP contribution < -0.4 is 5.32 Å². The number of anilines is 1. The van der Waals surface area contributed by atoms with Crippen LogP contribution >= 0.6 is 11.8 Å². The van der Waals surface area contributed by atoms with Gasteiger partial charge < -0.3 is 5.32 Å². The summed E-state index contributed by atoms with van der Waals surface area (Å²) in [5.41, 5.74) is 5.81. The molecule has 0 radical (unpaired) electrons. The fourth-order valence-electron chi connectivity index (χ4n) is 3.48. The van der Waals surface area contributed by atoms with Gasteiger partial charge in [0.2, 0.25) is 5.91 Å². The standard InChI is InChI=1S/C19H19NO3S2/c21-19(11-24-16-7-8-25(22,23)12-16)20-15-6-5-14-9-13-3-1-2-4-17(13)18(14)10-15/h1-6,10,16H,7-9,11-12H2,(H,20,21)/t16-/m0/s1. The normalized spacial score (nSPS) is 20.1. The van der Waals surface area contributed by atoms with Crippen molar-refractivity contribution in [2.45, 2.75) is 18.1 Å². The smallest absolute Gasteiger partial charge is 0.234 e. The van der Waals surface area contributed by atoms with Crippen LogP contribution in [0.25, 0.3) is 11.1 Å². The monoisotopic (exact) mass is 373 g/mol. The molecule has 6 heteroatoms. The number of benzene rings is 2. The minimum absolute atomic E-state index is 0.0441. The van der Waals surface area contributed by atoms with Gasteiger partial charge in [0.15, 0.2) is 9.84 Å². The molecule has 0 aromatic heterocycles. The molecule has 0 bridgehead atoms. The Labute approximate surface area is 151 Å². The molecule has 4 nitrogen and oxygen atoms in total. The molecule has 1 amide bonds. The second kappa shape index (κ2) is 6.50. The van der Waals surface area contributed by atoms with Crippen molar-refractivity contribution in [2.24, 2.45) is 0 Å². The van der Waals surface area contributed by atoms with Gasteiger partial charge in [0.1, 0.15) is 0 Å². The fraction of sp³-hybridized carbons (Fsp3) is 0.316. The lowest BCUT2D eigenvalue weighted by Crippen LogP contribution is -2.17. The highest BCUT2D eigenvalue weighted by molar-refractivity contribution is 8.02. The van der Waals surface area contributed by atoms with Crippen LogP contribution in [0.4, 0.5) is 5.69 Å². The molecular weight excluding hydrogens is 354 g/mol.